The number of Topliss-reactive ketones (excluding diaryl/α,β-unsaturated/α-hetero) is 1. The Labute approximate surface area is 187 Å². The van der Waals surface area contributed by atoms with Crippen LogP contribution in [-0.2, 0) is 6.54 Å². The molecule has 0 radical (unpaired) electrons. The second kappa shape index (κ2) is 10.2. The van der Waals surface area contributed by atoms with Crippen LogP contribution in [0.3, 0.4) is 0 Å². The molecule has 0 bridgehead atoms. The van der Waals surface area contributed by atoms with Crippen LogP contribution in [0.2, 0.25) is 0 Å². The highest BCUT2D eigenvalue weighted by molar-refractivity contribution is 6.05. The molecule has 7 nitrogen and oxygen atoms in total. The molecule has 0 unspecified atom stereocenters. The summed E-state index contributed by atoms with van der Waals surface area (Å²) in [6.45, 7) is 8.14. The van der Waals surface area contributed by atoms with Crippen LogP contribution >= 0.6 is 0 Å². The van der Waals surface area contributed by atoms with Crippen molar-refractivity contribution in [2.45, 2.75) is 46.7 Å². The van der Waals surface area contributed by atoms with Gasteiger partial charge in [0.1, 0.15) is 0 Å². The van der Waals surface area contributed by atoms with Gasteiger partial charge in [-0.25, -0.2) is 4.79 Å². The molecule has 3 aromatic rings. The molecule has 1 heterocycles. The van der Waals surface area contributed by atoms with E-state index in [2.05, 4.69) is 10.4 Å². The number of carbonyl (C=O) groups excluding carboxylic acids is 2. The van der Waals surface area contributed by atoms with Crippen molar-refractivity contribution in [1.82, 2.24) is 15.1 Å². The number of amides is 1. The lowest BCUT2D eigenvalue weighted by molar-refractivity contribution is 0.0824. The standard InChI is InChI=1S/C25H29N3O4/c1-16(2)14-21(22(29)24-27-28(15-17(3)4)25(31)32-24)26-23(30)20-13-9-8-12-19(20)18-10-6-5-7-11-18/h5-13,16-17,21H,14-15H2,1-4H3,(H,26,30)/t21-/m0/s1. The fourth-order valence-corrected chi connectivity index (χ4v) is 3.51. The molecule has 0 saturated carbocycles. The summed E-state index contributed by atoms with van der Waals surface area (Å²) in [7, 11) is 0. The first-order chi connectivity index (χ1) is 15.3. The highest BCUT2D eigenvalue weighted by Crippen LogP contribution is 2.24. The summed E-state index contributed by atoms with van der Waals surface area (Å²) < 4.78 is 6.27. The smallest absolute Gasteiger partial charge is 0.384 e. The van der Waals surface area contributed by atoms with E-state index in [4.69, 9.17) is 4.42 Å². The number of hydrogen-bond acceptors (Lipinski definition) is 5. The monoisotopic (exact) mass is 435 g/mol. The molecular formula is C25H29N3O4. The van der Waals surface area contributed by atoms with Crippen LogP contribution in [-0.4, -0.2) is 27.5 Å². The highest BCUT2D eigenvalue weighted by atomic mass is 16.4. The van der Waals surface area contributed by atoms with Crippen molar-refractivity contribution in [3.63, 3.8) is 0 Å². The maximum atomic E-state index is 13.2. The van der Waals surface area contributed by atoms with Crippen molar-refractivity contribution in [3.8, 4) is 11.1 Å². The van der Waals surface area contributed by atoms with Gasteiger partial charge in [-0.15, -0.1) is 5.10 Å². The molecule has 3 rings (SSSR count). The third kappa shape index (κ3) is 5.60. The zero-order valence-corrected chi connectivity index (χ0v) is 18.9. The molecule has 32 heavy (non-hydrogen) atoms. The Kier molecular flexibility index (Phi) is 7.41. The fourth-order valence-electron chi connectivity index (χ4n) is 3.51. The molecule has 168 valence electrons. The van der Waals surface area contributed by atoms with Crippen molar-refractivity contribution in [2.24, 2.45) is 11.8 Å². The Morgan fingerprint density at radius 2 is 1.62 bits per heavy atom. The molecule has 1 aromatic heterocycles. The van der Waals surface area contributed by atoms with Crippen LogP contribution < -0.4 is 11.1 Å². The third-order valence-corrected chi connectivity index (χ3v) is 4.94. The second-order valence-electron chi connectivity index (χ2n) is 8.68. The summed E-state index contributed by atoms with van der Waals surface area (Å²) in [5.41, 5.74) is 2.14. The lowest BCUT2D eigenvalue weighted by Gasteiger charge is -2.19. The number of carbonyl (C=O) groups is 2. The number of rotatable bonds is 9. The van der Waals surface area contributed by atoms with Crippen molar-refractivity contribution < 1.29 is 14.0 Å². The van der Waals surface area contributed by atoms with Gasteiger partial charge in [0.2, 0.25) is 5.78 Å². The van der Waals surface area contributed by atoms with Crippen LogP contribution in [0.4, 0.5) is 0 Å². The van der Waals surface area contributed by atoms with Gasteiger partial charge in [0, 0.05) is 5.56 Å². The predicted octanol–water partition coefficient (Wildman–Crippen LogP) is 4.19. The molecule has 0 spiro atoms. The Morgan fingerprint density at radius 1 is 0.969 bits per heavy atom. The van der Waals surface area contributed by atoms with Crippen LogP contribution in [0.1, 0.15) is 55.2 Å². The maximum Gasteiger partial charge on any atom is 0.437 e. The second-order valence-corrected chi connectivity index (χ2v) is 8.68. The Morgan fingerprint density at radius 3 is 2.28 bits per heavy atom. The molecule has 2 aromatic carbocycles. The quantitative estimate of drug-likeness (QED) is 0.509. The summed E-state index contributed by atoms with van der Waals surface area (Å²) in [4.78, 5) is 38.4. The van der Waals surface area contributed by atoms with E-state index in [1.807, 2.05) is 70.2 Å². The van der Waals surface area contributed by atoms with E-state index >= 15 is 0 Å². The Hall–Kier alpha value is -3.48. The molecule has 1 N–H and O–H groups in total. The molecule has 0 fully saturated rings. The molecule has 1 atom stereocenters. The first kappa shape index (κ1) is 23.2. The van der Waals surface area contributed by atoms with E-state index in [1.165, 1.54) is 0 Å². The van der Waals surface area contributed by atoms with Gasteiger partial charge in [0.25, 0.3) is 11.8 Å². The fraction of sp³-hybridized carbons (Fsp3) is 0.360. The van der Waals surface area contributed by atoms with Crippen LogP contribution in [0.15, 0.2) is 63.8 Å². The highest BCUT2D eigenvalue weighted by Gasteiger charge is 2.29. The number of aromatic nitrogens is 2. The minimum absolute atomic E-state index is 0.123. The molecule has 0 aliphatic rings. The van der Waals surface area contributed by atoms with Crippen molar-refractivity contribution in [1.29, 1.82) is 0 Å². The predicted molar refractivity (Wildman–Crippen MR) is 123 cm³/mol. The maximum absolute atomic E-state index is 13.2. The number of nitrogens with one attached hydrogen (secondary N) is 1. The van der Waals surface area contributed by atoms with Gasteiger partial charge in [-0.05, 0) is 35.4 Å². The van der Waals surface area contributed by atoms with Crippen LogP contribution in [0.5, 0.6) is 0 Å². The zero-order chi connectivity index (χ0) is 23.3. The van der Waals surface area contributed by atoms with Crippen LogP contribution in [0, 0.1) is 11.8 Å². The van der Waals surface area contributed by atoms with E-state index in [1.54, 1.807) is 12.1 Å². The van der Waals surface area contributed by atoms with Crippen LogP contribution in [0.25, 0.3) is 11.1 Å². The van der Waals surface area contributed by atoms with Gasteiger partial charge in [0.15, 0.2) is 0 Å². The van der Waals surface area contributed by atoms with E-state index in [0.717, 1.165) is 15.8 Å². The third-order valence-electron chi connectivity index (χ3n) is 4.94. The Bertz CT molecular complexity index is 1130. The summed E-state index contributed by atoms with van der Waals surface area (Å²) in [6.07, 6.45) is 0.388. The minimum atomic E-state index is -0.864. The largest absolute Gasteiger partial charge is 0.437 e. The van der Waals surface area contributed by atoms with Crippen molar-refractivity contribution in [2.75, 3.05) is 0 Å². The molecule has 0 saturated heterocycles. The normalized spacial score (nSPS) is 12.2. The minimum Gasteiger partial charge on any atom is -0.384 e. The summed E-state index contributed by atoms with van der Waals surface area (Å²) in [5, 5.41) is 6.90. The number of ketones is 1. The molecule has 1 amide bonds. The summed E-state index contributed by atoms with van der Waals surface area (Å²) >= 11 is 0. The van der Waals surface area contributed by atoms with E-state index in [-0.39, 0.29) is 23.6 Å². The van der Waals surface area contributed by atoms with Gasteiger partial charge in [-0.1, -0.05) is 76.2 Å². The van der Waals surface area contributed by atoms with Crippen molar-refractivity contribution in [3.05, 3.63) is 76.6 Å². The molecule has 7 heteroatoms. The van der Waals surface area contributed by atoms with Gasteiger partial charge >= 0.3 is 5.76 Å². The van der Waals surface area contributed by atoms with E-state index < -0.39 is 17.6 Å². The summed E-state index contributed by atoms with van der Waals surface area (Å²) in [5.74, 6) is -1.54. The topological polar surface area (TPSA) is 94.2 Å². The number of benzene rings is 2. The van der Waals surface area contributed by atoms with Gasteiger partial charge in [0.05, 0.1) is 12.6 Å². The lowest BCUT2D eigenvalue weighted by Crippen LogP contribution is -2.42. The first-order valence-corrected chi connectivity index (χ1v) is 10.8. The average Bonchev–Trinajstić information content (AvgIpc) is 3.12. The van der Waals surface area contributed by atoms with Gasteiger partial charge in [-0.3, -0.25) is 9.59 Å². The average molecular weight is 436 g/mol. The molecule has 0 aliphatic carbocycles. The molecule has 0 aliphatic heterocycles. The van der Waals surface area contributed by atoms with E-state index in [0.29, 0.717) is 18.5 Å². The zero-order valence-electron chi connectivity index (χ0n) is 18.9. The number of nitrogens with zero attached hydrogens (tertiary/aromatic N) is 2. The van der Waals surface area contributed by atoms with Gasteiger partial charge in [-0.2, -0.15) is 4.68 Å². The Balaban J connectivity index is 1.88. The number of hydrogen-bond donors (Lipinski definition) is 1. The summed E-state index contributed by atoms with van der Waals surface area (Å²) in [6, 6.07) is 16.0. The molecular weight excluding hydrogens is 406 g/mol. The van der Waals surface area contributed by atoms with Gasteiger partial charge < -0.3 is 9.73 Å². The van der Waals surface area contributed by atoms with E-state index in [9.17, 15) is 14.4 Å². The lowest BCUT2D eigenvalue weighted by atomic mass is 9.97. The first-order valence-electron chi connectivity index (χ1n) is 10.8. The SMILES string of the molecule is CC(C)C[C@H](NC(=O)c1ccccc1-c1ccccc1)C(=O)c1nn(CC(C)C)c(=O)o1. The van der Waals surface area contributed by atoms with Crippen molar-refractivity contribution >= 4 is 11.7 Å².